The second kappa shape index (κ2) is 3.67. The molecule has 1 spiro atoms. The number of hydrogen-bond acceptors (Lipinski definition) is 4. The molecular formula is C13H22O4. The van der Waals surface area contributed by atoms with E-state index in [4.69, 9.17) is 9.47 Å². The van der Waals surface area contributed by atoms with E-state index in [0.29, 0.717) is 19.6 Å². The van der Waals surface area contributed by atoms with E-state index >= 15 is 0 Å². The van der Waals surface area contributed by atoms with Crippen molar-refractivity contribution >= 4 is 0 Å². The molecular weight excluding hydrogens is 220 g/mol. The molecule has 0 amide bonds. The molecule has 4 nitrogen and oxygen atoms in total. The molecule has 0 bridgehead atoms. The van der Waals surface area contributed by atoms with E-state index in [1.54, 1.807) is 0 Å². The van der Waals surface area contributed by atoms with Crippen LogP contribution in [-0.4, -0.2) is 41.4 Å². The number of ether oxygens (including phenoxy) is 2. The van der Waals surface area contributed by atoms with Crippen molar-refractivity contribution in [2.75, 3.05) is 19.8 Å². The Hall–Kier alpha value is -0.160. The summed E-state index contributed by atoms with van der Waals surface area (Å²) in [6, 6.07) is 0. The van der Waals surface area contributed by atoms with Crippen LogP contribution in [0.25, 0.3) is 0 Å². The van der Waals surface area contributed by atoms with Crippen molar-refractivity contribution in [2.24, 2.45) is 11.3 Å². The third kappa shape index (κ3) is 1.51. The first-order valence-corrected chi connectivity index (χ1v) is 6.65. The third-order valence-corrected chi connectivity index (χ3v) is 5.49. The van der Waals surface area contributed by atoms with Gasteiger partial charge in [0, 0.05) is 24.9 Å². The minimum absolute atomic E-state index is 0.174. The number of rotatable bonds is 1. The fourth-order valence-corrected chi connectivity index (χ4v) is 4.14. The quantitative estimate of drug-likeness (QED) is 0.721. The van der Waals surface area contributed by atoms with E-state index in [2.05, 4.69) is 6.92 Å². The summed E-state index contributed by atoms with van der Waals surface area (Å²) >= 11 is 0. The Morgan fingerprint density at radius 2 is 1.88 bits per heavy atom. The first-order chi connectivity index (χ1) is 8.04. The lowest BCUT2D eigenvalue weighted by Gasteiger charge is -2.51. The van der Waals surface area contributed by atoms with Gasteiger partial charge in [-0.05, 0) is 25.2 Å². The molecule has 3 fully saturated rings. The van der Waals surface area contributed by atoms with Gasteiger partial charge >= 0.3 is 0 Å². The van der Waals surface area contributed by atoms with Crippen molar-refractivity contribution in [3.8, 4) is 0 Å². The highest BCUT2D eigenvalue weighted by Crippen LogP contribution is 2.60. The summed E-state index contributed by atoms with van der Waals surface area (Å²) in [7, 11) is 0. The highest BCUT2D eigenvalue weighted by Gasteiger charge is 2.63. The van der Waals surface area contributed by atoms with Crippen molar-refractivity contribution in [2.45, 2.75) is 50.4 Å². The zero-order valence-electron chi connectivity index (χ0n) is 10.4. The molecule has 98 valence electrons. The summed E-state index contributed by atoms with van der Waals surface area (Å²) in [5.74, 6) is -0.329. The molecule has 0 radical (unpaired) electrons. The van der Waals surface area contributed by atoms with Crippen molar-refractivity contribution in [3.05, 3.63) is 0 Å². The fraction of sp³-hybridized carbons (Fsp3) is 1.00. The summed E-state index contributed by atoms with van der Waals surface area (Å²) in [5, 5.41) is 20.4. The van der Waals surface area contributed by atoms with Crippen molar-refractivity contribution in [1.29, 1.82) is 0 Å². The lowest BCUT2D eigenvalue weighted by molar-refractivity contribution is -0.250. The highest BCUT2D eigenvalue weighted by atomic mass is 16.7. The van der Waals surface area contributed by atoms with Gasteiger partial charge in [0.25, 0.3) is 0 Å². The molecule has 0 aromatic carbocycles. The van der Waals surface area contributed by atoms with Gasteiger partial charge in [-0.15, -0.1) is 0 Å². The minimum Gasteiger partial charge on any atom is -0.396 e. The number of aliphatic hydroxyl groups excluding tert-OH is 1. The Labute approximate surface area is 102 Å². The standard InChI is InChI=1S/C13H22O4/c1-11-4-5-13(16-6-7-17-13)9-12(11,15)3-2-10(11)8-14/h10,14-15H,2-9H2,1H3/t10-,11+,12-/m0/s1. The van der Waals surface area contributed by atoms with Crippen molar-refractivity contribution < 1.29 is 19.7 Å². The summed E-state index contributed by atoms with van der Waals surface area (Å²) in [5.41, 5.74) is -0.911. The van der Waals surface area contributed by atoms with Crippen LogP contribution in [-0.2, 0) is 9.47 Å². The normalized spacial score (nSPS) is 48.5. The monoisotopic (exact) mass is 242 g/mol. The molecule has 0 unspecified atom stereocenters. The van der Waals surface area contributed by atoms with Gasteiger partial charge in [0.2, 0.25) is 0 Å². The molecule has 3 aliphatic rings. The molecule has 0 aromatic rings. The molecule has 2 aliphatic carbocycles. The maximum absolute atomic E-state index is 10.9. The molecule has 1 aliphatic heterocycles. The molecule has 1 saturated heterocycles. The summed E-state index contributed by atoms with van der Waals surface area (Å²) in [6.07, 6.45) is 3.92. The molecule has 4 heteroatoms. The van der Waals surface area contributed by atoms with Crippen molar-refractivity contribution in [3.63, 3.8) is 0 Å². The van der Waals surface area contributed by atoms with Crippen LogP contribution in [0.4, 0.5) is 0 Å². The molecule has 3 rings (SSSR count). The van der Waals surface area contributed by atoms with Gasteiger partial charge in [-0.1, -0.05) is 6.92 Å². The molecule has 2 saturated carbocycles. The highest BCUT2D eigenvalue weighted by molar-refractivity contribution is 5.11. The van der Waals surface area contributed by atoms with Crippen LogP contribution in [0.15, 0.2) is 0 Å². The summed E-state index contributed by atoms with van der Waals surface area (Å²) in [6.45, 7) is 3.56. The van der Waals surface area contributed by atoms with Gasteiger partial charge in [0.05, 0.1) is 18.8 Å². The first kappa shape index (κ1) is 11.9. The second-order valence-electron chi connectivity index (χ2n) is 6.15. The smallest absolute Gasteiger partial charge is 0.171 e. The predicted octanol–water partition coefficient (Wildman–Crippen LogP) is 1.05. The largest absolute Gasteiger partial charge is 0.396 e. The summed E-state index contributed by atoms with van der Waals surface area (Å²) < 4.78 is 11.4. The number of fused-ring (bicyclic) bond motifs is 1. The van der Waals surface area contributed by atoms with Gasteiger partial charge in [-0.3, -0.25) is 0 Å². The number of hydrogen-bond donors (Lipinski definition) is 2. The molecule has 2 N–H and O–H groups in total. The van der Waals surface area contributed by atoms with Crippen molar-refractivity contribution in [1.82, 2.24) is 0 Å². The van der Waals surface area contributed by atoms with Gasteiger partial charge in [-0.2, -0.15) is 0 Å². The topological polar surface area (TPSA) is 58.9 Å². The molecule has 17 heavy (non-hydrogen) atoms. The average Bonchev–Trinajstić information content (AvgIpc) is 2.83. The van der Waals surface area contributed by atoms with Gasteiger partial charge < -0.3 is 19.7 Å². The SMILES string of the molecule is C[C@]12CCC3(C[C@@]1(O)CC[C@H]2CO)OCCO3. The van der Waals surface area contributed by atoms with E-state index < -0.39 is 11.4 Å². The van der Waals surface area contributed by atoms with Crippen LogP contribution in [0, 0.1) is 11.3 Å². The van der Waals surface area contributed by atoms with Crippen LogP contribution in [0.5, 0.6) is 0 Å². The zero-order chi connectivity index (χ0) is 12.1. The van der Waals surface area contributed by atoms with E-state index in [1.165, 1.54) is 0 Å². The minimum atomic E-state index is -0.733. The zero-order valence-corrected chi connectivity index (χ0v) is 10.4. The molecule has 3 atom stereocenters. The van der Waals surface area contributed by atoms with E-state index in [0.717, 1.165) is 25.7 Å². The Kier molecular flexibility index (Phi) is 2.57. The molecule has 1 heterocycles. The van der Waals surface area contributed by atoms with Crippen LogP contribution < -0.4 is 0 Å². The Bertz CT molecular complexity index is 313. The van der Waals surface area contributed by atoms with Crippen LogP contribution >= 0.6 is 0 Å². The Morgan fingerprint density at radius 1 is 1.18 bits per heavy atom. The van der Waals surface area contributed by atoms with E-state index in [9.17, 15) is 10.2 Å². The van der Waals surface area contributed by atoms with Crippen LogP contribution in [0.1, 0.15) is 39.0 Å². The number of aliphatic hydroxyl groups is 2. The lowest BCUT2D eigenvalue weighted by atomic mass is 9.61. The molecule has 0 aromatic heterocycles. The predicted molar refractivity (Wildman–Crippen MR) is 61.4 cm³/mol. The summed E-state index contributed by atoms with van der Waals surface area (Å²) in [4.78, 5) is 0. The van der Waals surface area contributed by atoms with E-state index in [-0.39, 0.29) is 17.9 Å². The maximum Gasteiger partial charge on any atom is 0.171 e. The first-order valence-electron chi connectivity index (χ1n) is 6.65. The van der Waals surface area contributed by atoms with Crippen LogP contribution in [0.3, 0.4) is 0 Å². The lowest BCUT2D eigenvalue weighted by Crippen LogP contribution is -2.56. The average molecular weight is 242 g/mol. The Balaban J connectivity index is 1.87. The maximum atomic E-state index is 10.9. The third-order valence-electron chi connectivity index (χ3n) is 5.49. The van der Waals surface area contributed by atoms with Gasteiger partial charge in [0.15, 0.2) is 5.79 Å². The Morgan fingerprint density at radius 3 is 2.53 bits per heavy atom. The second-order valence-corrected chi connectivity index (χ2v) is 6.15. The van der Waals surface area contributed by atoms with Crippen LogP contribution in [0.2, 0.25) is 0 Å². The van der Waals surface area contributed by atoms with E-state index in [1.807, 2.05) is 0 Å². The van der Waals surface area contributed by atoms with Gasteiger partial charge in [-0.25, -0.2) is 0 Å². The fourth-order valence-electron chi connectivity index (χ4n) is 4.14. The van der Waals surface area contributed by atoms with Gasteiger partial charge in [0.1, 0.15) is 0 Å².